The standard InChI is InChI=1S/C16H29N3O/c1-13(2)10-16(20)12-17-11-14-8-9-19(18-14)15-6-4-3-5-7-15/h8-9,13,15-17,20H,3-7,10-12H2,1-2H3. The fourth-order valence-electron chi connectivity index (χ4n) is 3.01. The number of aromatic nitrogens is 2. The lowest BCUT2D eigenvalue weighted by Gasteiger charge is -2.21. The SMILES string of the molecule is CC(C)CC(O)CNCc1ccn(C2CCCCC2)n1. The Morgan fingerprint density at radius 3 is 2.80 bits per heavy atom. The van der Waals surface area contributed by atoms with Gasteiger partial charge >= 0.3 is 0 Å². The highest BCUT2D eigenvalue weighted by molar-refractivity contribution is 4.99. The zero-order chi connectivity index (χ0) is 14.4. The number of hydrogen-bond donors (Lipinski definition) is 2. The summed E-state index contributed by atoms with van der Waals surface area (Å²) < 4.78 is 2.14. The molecule has 1 unspecified atom stereocenters. The molecule has 0 saturated heterocycles. The van der Waals surface area contributed by atoms with Gasteiger partial charge in [-0.05, 0) is 31.2 Å². The average Bonchev–Trinajstić information content (AvgIpc) is 2.88. The van der Waals surface area contributed by atoms with Gasteiger partial charge in [0.2, 0.25) is 0 Å². The lowest BCUT2D eigenvalue weighted by Crippen LogP contribution is -2.27. The second kappa shape index (κ2) is 7.79. The minimum Gasteiger partial charge on any atom is -0.392 e. The molecule has 0 aliphatic heterocycles. The maximum atomic E-state index is 9.82. The Labute approximate surface area is 122 Å². The largest absolute Gasteiger partial charge is 0.392 e. The van der Waals surface area contributed by atoms with E-state index < -0.39 is 0 Å². The van der Waals surface area contributed by atoms with Crippen LogP contribution in [0.25, 0.3) is 0 Å². The third-order valence-electron chi connectivity index (χ3n) is 4.04. The van der Waals surface area contributed by atoms with Gasteiger partial charge in [0.1, 0.15) is 0 Å². The molecule has 0 radical (unpaired) electrons. The van der Waals surface area contributed by atoms with Crippen LogP contribution >= 0.6 is 0 Å². The molecule has 1 aliphatic carbocycles. The molecule has 0 amide bonds. The Bertz CT molecular complexity index is 383. The third-order valence-corrected chi connectivity index (χ3v) is 4.04. The van der Waals surface area contributed by atoms with E-state index in [0.717, 1.165) is 18.7 Å². The molecule has 0 aromatic carbocycles. The Morgan fingerprint density at radius 1 is 1.35 bits per heavy atom. The Morgan fingerprint density at radius 2 is 2.10 bits per heavy atom. The molecule has 1 heterocycles. The summed E-state index contributed by atoms with van der Waals surface area (Å²) in [6.45, 7) is 5.66. The van der Waals surface area contributed by atoms with Crippen LogP contribution < -0.4 is 5.32 Å². The van der Waals surface area contributed by atoms with Crippen molar-refractivity contribution in [2.24, 2.45) is 5.92 Å². The lowest BCUT2D eigenvalue weighted by atomic mass is 9.96. The van der Waals surface area contributed by atoms with Crippen LogP contribution in [0.3, 0.4) is 0 Å². The Balaban J connectivity index is 1.72. The maximum Gasteiger partial charge on any atom is 0.0762 e. The molecule has 2 rings (SSSR count). The van der Waals surface area contributed by atoms with Gasteiger partial charge in [0.15, 0.2) is 0 Å². The predicted molar refractivity (Wildman–Crippen MR) is 81.5 cm³/mol. The second-order valence-corrected chi connectivity index (χ2v) is 6.49. The number of aliphatic hydroxyl groups is 1. The van der Waals surface area contributed by atoms with E-state index in [0.29, 0.717) is 18.5 Å². The van der Waals surface area contributed by atoms with E-state index in [9.17, 15) is 5.11 Å². The summed E-state index contributed by atoms with van der Waals surface area (Å²) in [6, 6.07) is 2.69. The van der Waals surface area contributed by atoms with E-state index in [1.165, 1.54) is 32.1 Å². The number of aliphatic hydroxyl groups excluding tert-OH is 1. The first-order valence-electron chi connectivity index (χ1n) is 8.08. The van der Waals surface area contributed by atoms with Crippen molar-refractivity contribution in [1.29, 1.82) is 0 Å². The summed E-state index contributed by atoms with van der Waals surface area (Å²) in [7, 11) is 0. The zero-order valence-corrected chi connectivity index (χ0v) is 12.9. The monoisotopic (exact) mass is 279 g/mol. The smallest absolute Gasteiger partial charge is 0.0762 e. The van der Waals surface area contributed by atoms with E-state index in [4.69, 9.17) is 0 Å². The topological polar surface area (TPSA) is 50.1 Å². The number of nitrogens with zero attached hydrogens (tertiary/aromatic N) is 2. The molecule has 1 fully saturated rings. The summed E-state index contributed by atoms with van der Waals surface area (Å²) in [5.41, 5.74) is 1.08. The summed E-state index contributed by atoms with van der Waals surface area (Å²) in [5, 5.41) is 17.8. The second-order valence-electron chi connectivity index (χ2n) is 6.49. The molecule has 4 nitrogen and oxygen atoms in total. The first-order chi connectivity index (χ1) is 9.65. The first kappa shape index (κ1) is 15.5. The van der Waals surface area contributed by atoms with Gasteiger partial charge in [-0.15, -0.1) is 0 Å². The minimum absolute atomic E-state index is 0.254. The summed E-state index contributed by atoms with van der Waals surface area (Å²) in [5.74, 6) is 0.539. The zero-order valence-electron chi connectivity index (χ0n) is 12.9. The van der Waals surface area contributed by atoms with Gasteiger partial charge in [-0.2, -0.15) is 5.10 Å². The van der Waals surface area contributed by atoms with Gasteiger partial charge in [-0.25, -0.2) is 0 Å². The van der Waals surface area contributed by atoms with Crippen molar-refractivity contribution >= 4 is 0 Å². The van der Waals surface area contributed by atoms with Gasteiger partial charge in [0.25, 0.3) is 0 Å². The van der Waals surface area contributed by atoms with E-state index in [2.05, 4.69) is 41.2 Å². The molecular formula is C16H29N3O. The molecule has 0 spiro atoms. The molecule has 20 heavy (non-hydrogen) atoms. The highest BCUT2D eigenvalue weighted by Crippen LogP contribution is 2.27. The summed E-state index contributed by atoms with van der Waals surface area (Å²) in [6.07, 6.45) is 9.28. The maximum absolute atomic E-state index is 9.82. The fourth-order valence-corrected chi connectivity index (χ4v) is 3.01. The predicted octanol–water partition coefficient (Wildman–Crippen LogP) is 2.88. The summed E-state index contributed by atoms with van der Waals surface area (Å²) >= 11 is 0. The molecule has 1 atom stereocenters. The quantitative estimate of drug-likeness (QED) is 0.807. The molecule has 4 heteroatoms. The van der Waals surface area contributed by atoms with Crippen LogP contribution in [0.4, 0.5) is 0 Å². The van der Waals surface area contributed by atoms with Crippen molar-refractivity contribution in [3.8, 4) is 0 Å². The van der Waals surface area contributed by atoms with Crippen LogP contribution in [-0.4, -0.2) is 27.5 Å². The summed E-state index contributed by atoms with van der Waals surface area (Å²) in [4.78, 5) is 0. The number of nitrogens with one attached hydrogen (secondary N) is 1. The Hall–Kier alpha value is -0.870. The molecule has 2 N–H and O–H groups in total. The van der Waals surface area contributed by atoms with Crippen molar-refractivity contribution in [3.05, 3.63) is 18.0 Å². The first-order valence-corrected chi connectivity index (χ1v) is 8.08. The van der Waals surface area contributed by atoms with Gasteiger partial charge in [0.05, 0.1) is 17.8 Å². The van der Waals surface area contributed by atoms with Crippen molar-refractivity contribution in [2.45, 2.75) is 71.1 Å². The van der Waals surface area contributed by atoms with Crippen molar-refractivity contribution in [2.75, 3.05) is 6.54 Å². The van der Waals surface area contributed by atoms with E-state index in [1.807, 2.05) is 0 Å². The third kappa shape index (κ3) is 4.91. The van der Waals surface area contributed by atoms with Gasteiger partial charge in [-0.1, -0.05) is 33.1 Å². The fraction of sp³-hybridized carbons (Fsp3) is 0.812. The van der Waals surface area contributed by atoms with E-state index in [1.54, 1.807) is 0 Å². The van der Waals surface area contributed by atoms with Crippen LogP contribution in [-0.2, 0) is 6.54 Å². The van der Waals surface area contributed by atoms with Crippen LogP contribution in [0.15, 0.2) is 12.3 Å². The van der Waals surface area contributed by atoms with E-state index >= 15 is 0 Å². The van der Waals surface area contributed by atoms with Crippen LogP contribution in [0, 0.1) is 5.92 Å². The van der Waals surface area contributed by atoms with Gasteiger partial charge in [0, 0.05) is 19.3 Å². The normalized spacial score (nSPS) is 18.6. The highest BCUT2D eigenvalue weighted by Gasteiger charge is 2.16. The molecule has 114 valence electrons. The van der Waals surface area contributed by atoms with Crippen LogP contribution in [0.5, 0.6) is 0 Å². The molecule has 1 aliphatic rings. The van der Waals surface area contributed by atoms with Crippen molar-refractivity contribution < 1.29 is 5.11 Å². The Kier molecular flexibility index (Phi) is 6.05. The highest BCUT2D eigenvalue weighted by atomic mass is 16.3. The molecular weight excluding hydrogens is 250 g/mol. The average molecular weight is 279 g/mol. The molecule has 0 bridgehead atoms. The number of hydrogen-bond acceptors (Lipinski definition) is 3. The van der Waals surface area contributed by atoms with Crippen molar-refractivity contribution in [3.63, 3.8) is 0 Å². The molecule has 1 saturated carbocycles. The minimum atomic E-state index is -0.254. The number of rotatable bonds is 7. The van der Waals surface area contributed by atoms with E-state index in [-0.39, 0.29) is 6.10 Å². The van der Waals surface area contributed by atoms with Crippen LogP contribution in [0.2, 0.25) is 0 Å². The van der Waals surface area contributed by atoms with Crippen LogP contribution in [0.1, 0.15) is 64.1 Å². The van der Waals surface area contributed by atoms with Gasteiger partial charge < -0.3 is 10.4 Å². The van der Waals surface area contributed by atoms with Gasteiger partial charge in [-0.3, -0.25) is 4.68 Å². The lowest BCUT2D eigenvalue weighted by molar-refractivity contribution is 0.146. The molecule has 1 aromatic rings. The molecule has 1 aromatic heterocycles. The van der Waals surface area contributed by atoms with Crippen molar-refractivity contribution in [1.82, 2.24) is 15.1 Å².